The Kier molecular flexibility index (Phi) is 8.34. The Hall–Kier alpha value is -2.55. The number of amides is 1. The van der Waals surface area contributed by atoms with Crippen molar-refractivity contribution in [2.24, 2.45) is 5.73 Å². The summed E-state index contributed by atoms with van der Waals surface area (Å²) < 4.78 is 12.5. The fraction of sp³-hybridized carbons (Fsp3) is 0.318. The molecular formula is C22H25ClN4O3S. The molecule has 1 amide bonds. The predicted molar refractivity (Wildman–Crippen MR) is 120 cm³/mol. The first-order valence-electron chi connectivity index (χ1n) is 9.86. The molecule has 0 atom stereocenters. The summed E-state index contributed by atoms with van der Waals surface area (Å²) in [5.41, 5.74) is 6.88. The van der Waals surface area contributed by atoms with E-state index >= 15 is 0 Å². The Morgan fingerprint density at radius 2 is 2.06 bits per heavy atom. The van der Waals surface area contributed by atoms with Crippen LogP contribution in [0, 0.1) is 0 Å². The van der Waals surface area contributed by atoms with Gasteiger partial charge in [0.1, 0.15) is 24.1 Å². The summed E-state index contributed by atoms with van der Waals surface area (Å²) in [7, 11) is 0. The first-order chi connectivity index (χ1) is 14.9. The summed E-state index contributed by atoms with van der Waals surface area (Å²) in [6, 6.07) is 13.6. The molecule has 0 saturated heterocycles. The van der Waals surface area contributed by atoms with Crippen LogP contribution in [0.15, 0.2) is 58.6 Å². The van der Waals surface area contributed by atoms with E-state index in [4.69, 9.17) is 31.8 Å². The SMILES string of the molecule is CC(C)c1nc(COCCOC(N)=O)n(Cc2ccccn2)c1Sc1cccc(Cl)c1. The first kappa shape index (κ1) is 23.1. The third-order valence-corrected chi connectivity index (χ3v) is 5.68. The second-order valence-corrected chi connectivity index (χ2v) is 8.56. The number of carbonyl (C=O) groups is 1. The zero-order chi connectivity index (χ0) is 22.2. The lowest BCUT2D eigenvalue weighted by Gasteiger charge is -2.13. The molecule has 164 valence electrons. The van der Waals surface area contributed by atoms with E-state index in [2.05, 4.69) is 23.4 Å². The Morgan fingerprint density at radius 3 is 2.74 bits per heavy atom. The number of nitrogens with zero attached hydrogens (tertiary/aromatic N) is 3. The van der Waals surface area contributed by atoms with Crippen LogP contribution in [0.1, 0.15) is 37.0 Å². The largest absolute Gasteiger partial charge is 0.447 e. The lowest BCUT2D eigenvalue weighted by atomic mass is 10.1. The molecule has 0 aliphatic heterocycles. The molecule has 31 heavy (non-hydrogen) atoms. The number of hydrogen-bond acceptors (Lipinski definition) is 6. The summed E-state index contributed by atoms with van der Waals surface area (Å²) >= 11 is 7.82. The number of halogens is 1. The maximum Gasteiger partial charge on any atom is 0.404 e. The Labute approximate surface area is 190 Å². The highest BCUT2D eigenvalue weighted by Crippen LogP contribution is 2.36. The lowest BCUT2D eigenvalue weighted by molar-refractivity contribution is 0.0637. The monoisotopic (exact) mass is 460 g/mol. The van der Waals surface area contributed by atoms with Crippen LogP contribution in [0.4, 0.5) is 4.79 Å². The van der Waals surface area contributed by atoms with Gasteiger partial charge in [-0.15, -0.1) is 0 Å². The van der Waals surface area contributed by atoms with Crippen molar-refractivity contribution in [3.8, 4) is 0 Å². The van der Waals surface area contributed by atoms with Crippen molar-refractivity contribution < 1.29 is 14.3 Å². The van der Waals surface area contributed by atoms with Crippen LogP contribution in [-0.4, -0.2) is 33.8 Å². The molecule has 3 rings (SSSR count). The minimum atomic E-state index is -0.817. The number of benzene rings is 1. The first-order valence-corrected chi connectivity index (χ1v) is 11.1. The number of nitrogens with two attached hydrogens (primary N) is 1. The summed E-state index contributed by atoms with van der Waals surface area (Å²) in [6.07, 6.45) is 0.957. The van der Waals surface area contributed by atoms with Gasteiger partial charge in [0.05, 0.1) is 24.5 Å². The van der Waals surface area contributed by atoms with Crippen molar-refractivity contribution in [1.29, 1.82) is 0 Å². The molecule has 0 aliphatic rings. The van der Waals surface area contributed by atoms with Gasteiger partial charge in [0.15, 0.2) is 0 Å². The van der Waals surface area contributed by atoms with Crippen molar-refractivity contribution in [1.82, 2.24) is 14.5 Å². The summed E-state index contributed by atoms with van der Waals surface area (Å²) in [5, 5.41) is 1.71. The van der Waals surface area contributed by atoms with Crippen molar-refractivity contribution in [2.75, 3.05) is 13.2 Å². The molecule has 3 aromatic rings. The molecule has 1 aromatic carbocycles. The minimum Gasteiger partial charge on any atom is -0.447 e. The quantitative estimate of drug-likeness (QED) is 0.434. The van der Waals surface area contributed by atoms with Gasteiger partial charge in [-0.2, -0.15) is 0 Å². The molecule has 2 N–H and O–H groups in total. The standard InChI is InChI=1S/C22H25ClN4O3S/c1-15(2)20-21(31-18-8-5-6-16(23)12-18)27(13-17-7-3-4-9-25-17)19(26-20)14-29-10-11-30-22(24)28/h3-9,12,15H,10-11,13-14H2,1-2H3,(H2,24,28). The normalized spacial score (nSPS) is 11.1. The van der Waals surface area contributed by atoms with Gasteiger partial charge in [-0.3, -0.25) is 4.98 Å². The molecule has 0 saturated carbocycles. The molecule has 0 fully saturated rings. The number of primary amides is 1. The third-order valence-electron chi connectivity index (χ3n) is 4.33. The van der Waals surface area contributed by atoms with Crippen molar-refractivity contribution in [2.45, 2.75) is 42.8 Å². The fourth-order valence-corrected chi connectivity index (χ4v) is 4.40. The number of aromatic nitrogens is 3. The van der Waals surface area contributed by atoms with E-state index in [-0.39, 0.29) is 25.7 Å². The number of carbonyl (C=O) groups excluding carboxylic acids is 1. The average Bonchev–Trinajstić information content (AvgIpc) is 3.06. The van der Waals surface area contributed by atoms with Crippen molar-refractivity contribution >= 4 is 29.5 Å². The number of imidazole rings is 1. The topological polar surface area (TPSA) is 92.3 Å². The van der Waals surface area contributed by atoms with Crippen LogP contribution < -0.4 is 5.73 Å². The lowest BCUT2D eigenvalue weighted by Crippen LogP contribution is -2.17. The summed E-state index contributed by atoms with van der Waals surface area (Å²) in [5.74, 6) is 0.988. The highest BCUT2D eigenvalue weighted by Gasteiger charge is 2.21. The van der Waals surface area contributed by atoms with Gasteiger partial charge in [-0.1, -0.05) is 49.3 Å². The van der Waals surface area contributed by atoms with E-state index < -0.39 is 6.09 Å². The Balaban J connectivity index is 1.91. The maximum atomic E-state index is 10.7. The zero-order valence-electron chi connectivity index (χ0n) is 17.5. The van der Waals surface area contributed by atoms with Crippen LogP contribution >= 0.6 is 23.4 Å². The predicted octanol–water partition coefficient (Wildman–Crippen LogP) is 4.87. The molecule has 0 spiro atoms. The van der Waals surface area contributed by atoms with Crippen molar-refractivity contribution in [3.63, 3.8) is 0 Å². The van der Waals surface area contributed by atoms with E-state index in [1.807, 2.05) is 42.5 Å². The second-order valence-electron chi connectivity index (χ2n) is 7.06. The van der Waals surface area contributed by atoms with Gasteiger partial charge in [-0.05, 0) is 36.2 Å². The Bertz CT molecular complexity index is 1010. The van der Waals surface area contributed by atoms with E-state index in [1.54, 1.807) is 18.0 Å². The van der Waals surface area contributed by atoms with Gasteiger partial charge in [0, 0.05) is 16.1 Å². The number of hydrogen-bond donors (Lipinski definition) is 1. The van der Waals surface area contributed by atoms with Crippen LogP contribution in [0.2, 0.25) is 5.02 Å². The van der Waals surface area contributed by atoms with Crippen LogP contribution in [-0.2, 0) is 22.6 Å². The smallest absolute Gasteiger partial charge is 0.404 e. The number of ether oxygens (including phenoxy) is 2. The highest BCUT2D eigenvalue weighted by atomic mass is 35.5. The molecule has 9 heteroatoms. The van der Waals surface area contributed by atoms with E-state index in [0.29, 0.717) is 11.6 Å². The van der Waals surface area contributed by atoms with E-state index in [9.17, 15) is 4.79 Å². The zero-order valence-corrected chi connectivity index (χ0v) is 19.0. The maximum absolute atomic E-state index is 10.7. The summed E-state index contributed by atoms with van der Waals surface area (Å²) in [4.78, 5) is 21.1. The van der Waals surface area contributed by atoms with Gasteiger partial charge in [-0.25, -0.2) is 9.78 Å². The molecule has 7 nitrogen and oxygen atoms in total. The van der Waals surface area contributed by atoms with E-state index in [0.717, 1.165) is 27.1 Å². The highest BCUT2D eigenvalue weighted by molar-refractivity contribution is 7.99. The van der Waals surface area contributed by atoms with Crippen molar-refractivity contribution in [3.05, 3.63) is 70.9 Å². The second kappa shape index (κ2) is 11.2. The van der Waals surface area contributed by atoms with Crippen LogP contribution in [0.25, 0.3) is 0 Å². The van der Waals surface area contributed by atoms with E-state index in [1.165, 1.54) is 0 Å². The minimum absolute atomic E-state index is 0.0947. The van der Waals surface area contributed by atoms with Crippen LogP contribution in [0.3, 0.4) is 0 Å². The Morgan fingerprint density at radius 1 is 1.23 bits per heavy atom. The average molecular weight is 461 g/mol. The molecule has 0 unspecified atom stereocenters. The molecule has 0 aliphatic carbocycles. The number of pyridine rings is 1. The van der Waals surface area contributed by atoms with Gasteiger partial charge in [0.2, 0.25) is 0 Å². The van der Waals surface area contributed by atoms with Crippen LogP contribution in [0.5, 0.6) is 0 Å². The third kappa shape index (κ3) is 6.72. The molecule has 2 heterocycles. The molecule has 0 bridgehead atoms. The molecule has 2 aromatic heterocycles. The fourth-order valence-electron chi connectivity index (χ4n) is 2.92. The molecule has 0 radical (unpaired) electrons. The van der Waals surface area contributed by atoms with Gasteiger partial charge in [0.25, 0.3) is 0 Å². The number of rotatable bonds is 10. The van der Waals surface area contributed by atoms with Gasteiger partial charge < -0.3 is 19.8 Å². The van der Waals surface area contributed by atoms with Gasteiger partial charge >= 0.3 is 6.09 Å². The molecular weight excluding hydrogens is 436 g/mol. The summed E-state index contributed by atoms with van der Waals surface area (Å²) in [6.45, 7) is 5.37.